The van der Waals surface area contributed by atoms with Crippen LogP contribution in [-0.2, 0) is 9.63 Å². The third-order valence-corrected chi connectivity index (χ3v) is 4.11. The van der Waals surface area contributed by atoms with Crippen molar-refractivity contribution in [2.45, 2.75) is 33.2 Å². The van der Waals surface area contributed by atoms with Gasteiger partial charge in [-0.3, -0.25) is 9.63 Å². The van der Waals surface area contributed by atoms with E-state index in [0.717, 1.165) is 21.2 Å². The van der Waals surface area contributed by atoms with E-state index in [4.69, 9.17) is 4.84 Å². The van der Waals surface area contributed by atoms with Crippen LogP contribution in [0.15, 0.2) is 22.4 Å². The highest BCUT2D eigenvalue weighted by atomic mass is 79.9. The summed E-state index contributed by atoms with van der Waals surface area (Å²) in [5, 5.41) is 11.7. The smallest absolute Gasteiger partial charge is 0.282 e. The van der Waals surface area contributed by atoms with E-state index in [1.54, 1.807) is 13.8 Å². The van der Waals surface area contributed by atoms with Crippen molar-refractivity contribution in [3.63, 3.8) is 0 Å². The number of carbonyl (C=O) groups excluding carboxylic acids is 1. The van der Waals surface area contributed by atoms with Gasteiger partial charge in [0.05, 0.1) is 12.7 Å². The molecule has 0 saturated carbocycles. The second kappa shape index (κ2) is 4.90. The molecule has 1 aromatic carbocycles. The molecule has 0 spiro atoms. The number of halogens is 1. The molecule has 1 aliphatic rings. The third-order valence-electron chi connectivity index (χ3n) is 3.65. The zero-order valence-corrected chi connectivity index (χ0v) is 13.8. The second-order valence-corrected chi connectivity index (χ2v) is 6.39. The maximum Gasteiger partial charge on any atom is 0.282 e. The fourth-order valence-electron chi connectivity index (χ4n) is 2.70. The van der Waals surface area contributed by atoms with Gasteiger partial charge in [0.15, 0.2) is 0 Å². The van der Waals surface area contributed by atoms with Crippen LogP contribution in [0, 0.1) is 13.8 Å². The van der Waals surface area contributed by atoms with Gasteiger partial charge in [0, 0.05) is 4.47 Å². The van der Waals surface area contributed by atoms with Crippen LogP contribution in [0.4, 0.5) is 0 Å². The largest absolute Gasteiger partial charge is 0.509 e. The first kappa shape index (κ1) is 15.1. The van der Waals surface area contributed by atoms with E-state index in [9.17, 15) is 9.90 Å². The Bertz CT molecular complexity index is 597. The number of amides is 1. The molecular weight excluding hydrogens is 322 g/mol. The molecule has 0 aromatic heterocycles. The number of nitrogens with zero attached hydrogens (tertiary/aromatic N) is 1. The zero-order chi connectivity index (χ0) is 15.2. The number of hydrogen-bond donors (Lipinski definition) is 1. The fourth-order valence-corrected chi connectivity index (χ4v) is 3.39. The Labute approximate surface area is 127 Å². The van der Waals surface area contributed by atoms with Crippen molar-refractivity contribution in [1.29, 1.82) is 0 Å². The van der Waals surface area contributed by atoms with Gasteiger partial charge >= 0.3 is 0 Å². The van der Waals surface area contributed by atoms with Crippen molar-refractivity contribution in [2.75, 3.05) is 7.11 Å². The van der Waals surface area contributed by atoms with Crippen molar-refractivity contribution in [3.05, 3.63) is 39.1 Å². The van der Waals surface area contributed by atoms with E-state index in [0.29, 0.717) is 5.57 Å². The van der Waals surface area contributed by atoms with Crippen LogP contribution in [0.1, 0.15) is 30.5 Å². The predicted octanol–water partition coefficient (Wildman–Crippen LogP) is 3.52. The highest BCUT2D eigenvalue weighted by Crippen LogP contribution is 2.41. The summed E-state index contributed by atoms with van der Waals surface area (Å²) in [6.07, 6.45) is 0. The van der Waals surface area contributed by atoms with Crippen LogP contribution < -0.4 is 0 Å². The van der Waals surface area contributed by atoms with E-state index in [1.165, 1.54) is 12.2 Å². The zero-order valence-electron chi connectivity index (χ0n) is 12.2. The normalized spacial score (nSPS) is 18.1. The van der Waals surface area contributed by atoms with Crippen LogP contribution in [0.3, 0.4) is 0 Å². The Balaban J connectivity index is 2.70. The Morgan fingerprint density at radius 2 is 1.75 bits per heavy atom. The van der Waals surface area contributed by atoms with Gasteiger partial charge in [-0.2, -0.15) is 0 Å². The van der Waals surface area contributed by atoms with Crippen molar-refractivity contribution >= 4 is 27.4 Å². The van der Waals surface area contributed by atoms with E-state index in [-0.39, 0.29) is 11.7 Å². The summed E-state index contributed by atoms with van der Waals surface area (Å²) in [4.78, 5) is 17.7. The molecule has 1 amide bonds. The summed E-state index contributed by atoms with van der Waals surface area (Å²) in [5.74, 6) is -0.276. The molecule has 20 heavy (non-hydrogen) atoms. The number of aliphatic hydroxyl groups is 1. The lowest BCUT2D eigenvalue weighted by molar-refractivity contribution is -0.189. The lowest BCUT2D eigenvalue weighted by atomic mass is 9.93. The molecule has 2 rings (SSSR count). The van der Waals surface area contributed by atoms with Gasteiger partial charge in [-0.1, -0.05) is 15.9 Å². The molecule has 5 heteroatoms. The Morgan fingerprint density at radius 3 is 2.15 bits per heavy atom. The van der Waals surface area contributed by atoms with Gasteiger partial charge in [0.2, 0.25) is 0 Å². The maximum atomic E-state index is 12.5. The molecule has 0 bridgehead atoms. The Kier molecular flexibility index (Phi) is 3.69. The van der Waals surface area contributed by atoms with Gasteiger partial charge in [0.1, 0.15) is 11.3 Å². The number of benzene rings is 1. The van der Waals surface area contributed by atoms with E-state index < -0.39 is 5.54 Å². The van der Waals surface area contributed by atoms with E-state index in [2.05, 4.69) is 15.9 Å². The lowest BCUT2D eigenvalue weighted by Gasteiger charge is -2.28. The Morgan fingerprint density at radius 1 is 1.25 bits per heavy atom. The first-order valence-electron chi connectivity index (χ1n) is 6.31. The molecule has 4 nitrogen and oxygen atoms in total. The van der Waals surface area contributed by atoms with Crippen LogP contribution in [0.25, 0.3) is 5.57 Å². The average Bonchev–Trinajstić information content (AvgIpc) is 2.47. The molecule has 1 heterocycles. The maximum absolute atomic E-state index is 12.5. The number of carbonyl (C=O) groups is 1. The minimum atomic E-state index is -0.868. The minimum Gasteiger partial charge on any atom is -0.509 e. The highest BCUT2D eigenvalue weighted by Gasteiger charge is 2.47. The van der Waals surface area contributed by atoms with Crippen LogP contribution in [0.5, 0.6) is 0 Å². The first-order chi connectivity index (χ1) is 9.21. The summed E-state index contributed by atoms with van der Waals surface area (Å²) in [6.45, 7) is 7.34. The van der Waals surface area contributed by atoms with Gasteiger partial charge in [-0.05, 0) is 56.5 Å². The Hall–Kier alpha value is -1.33. The highest BCUT2D eigenvalue weighted by molar-refractivity contribution is 9.10. The van der Waals surface area contributed by atoms with Crippen molar-refractivity contribution in [2.24, 2.45) is 0 Å². The molecule has 0 atom stereocenters. The number of aryl methyl sites for hydroxylation is 2. The van der Waals surface area contributed by atoms with Gasteiger partial charge in [-0.15, -0.1) is 0 Å². The predicted molar refractivity (Wildman–Crippen MR) is 81.1 cm³/mol. The fraction of sp³-hybridized carbons (Fsp3) is 0.400. The van der Waals surface area contributed by atoms with Crippen molar-refractivity contribution in [1.82, 2.24) is 5.06 Å². The number of hydrogen-bond acceptors (Lipinski definition) is 3. The summed E-state index contributed by atoms with van der Waals surface area (Å²) in [7, 11) is 1.43. The molecule has 1 aromatic rings. The van der Waals surface area contributed by atoms with E-state index >= 15 is 0 Å². The SMILES string of the molecule is CON1C(=O)C(c2c(C)cc(Br)cc2C)=C(O)C1(C)C. The van der Waals surface area contributed by atoms with Gasteiger partial charge in [-0.25, -0.2) is 5.06 Å². The molecule has 0 saturated heterocycles. The molecule has 1 aliphatic heterocycles. The summed E-state index contributed by atoms with van der Waals surface area (Å²) in [6, 6.07) is 3.86. The summed E-state index contributed by atoms with van der Waals surface area (Å²) >= 11 is 3.44. The lowest BCUT2D eigenvalue weighted by Crippen LogP contribution is -2.42. The number of aliphatic hydroxyl groups excluding tert-OH is 1. The molecular formula is C15H18BrNO3. The summed E-state index contributed by atoms with van der Waals surface area (Å²) in [5.41, 5.74) is 2.08. The van der Waals surface area contributed by atoms with Crippen molar-refractivity contribution < 1.29 is 14.7 Å². The third kappa shape index (κ3) is 2.05. The molecule has 0 fully saturated rings. The molecule has 108 valence electrons. The van der Waals surface area contributed by atoms with Crippen LogP contribution in [-0.4, -0.2) is 28.7 Å². The monoisotopic (exact) mass is 339 g/mol. The minimum absolute atomic E-state index is 0.0397. The van der Waals surface area contributed by atoms with Crippen LogP contribution >= 0.6 is 15.9 Å². The van der Waals surface area contributed by atoms with Gasteiger partial charge < -0.3 is 5.11 Å². The average molecular weight is 340 g/mol. The molecule has 0 aliphatic carbocycles. The van der Waals surface area contributed by atoms with Crippen LogP contribution in [0.2, 0.25) is 0 Å². The van der Waals surface area contributed by atoms with Gasteiger partial charge in [0.25, 0.3) is 5.91 Å². The standard InChI is InChI=1S/C15H18BrNO3/c1-8-6-10(16)7-9(2)11(8)12-13(18)15(3,4)17(20-5)14(12)19/h6-7,18H,1-5H3. The quantitative estimate of drug-likeness (QED) is 0.896. The first-order valence-corrected chi connectivity index (χ1v) is 7.10. The second-order valence-electron chi connectivity index (χ2n) is 5.48. The molecule has 0 radical (unpaired) electrons. The number of hydroxylamine groups is 2. The number of rotatable bonds is 2. The van der Waals surface area contributed by atoms with Crippen molar-refractivity contribution in [3.8, 4) is 0 Å². The summed E-state index contributed by atoms with van der Waals surface area (Å²) < 4.78 is 0.949. The molecule has 1 N–H and O–H groups in total. The topological polar surface area (TPSA) is 49.8 Å². The van der Waals surface area contributed by atoms with E-state index in [1.807, 2.05) is 26.0 Å². The molecule has 0 unspecified atom stereocenters.